The molecule has 0 radical (unpaired) electrons. The lowest BCUT2D eigenvalue weighted by atomic mass is 10.1. The van der Waals surface area contributed by atoms with Crippen molar-refractivity contribution in [3.63, 3.8) is 0 Å². The first-order valence-corrected chi connectivity index (χ1v) is 11.8. The van der Waals surface area contributed by atoms with Crippen LogP contribution in [0.1, 0.15) is 27.0 Å². The van der Waals surface area contributed by atoms with E-state index in [1.165, 1.54) is 24.4 Å². The molecule has 0 fully saturated rings. The summed E-state index contributed by atoms with van der Waals surface area (Å²) in [5, 5.41) is 10.1. The van der Waals surface area contributed by atoms with Crippen molar-refractivity contribution in [1.82, 2.24) is 19.2 Å². The molecule has 0 atom stereocenters. The molecular weight excluding hydrogens is 448 g/mol. The summed E-state index contributed by atoms with van der Waals surface area (Å²) in [4.78, 5) is 25.0. The summed E-state index contributed by atoms with van der Waals surface area (Å²) in [7, 11) is 1.37. The van der Waals surface area contributed by atoms with E-state index in [0.717, 1.165) is 16.6 Å². The molecule has 170 valence electrons. The number of rotatable bonds is 6. The van der Waals surface area contributed by atoms with Gasteiger partial charge < -0.3 is 4.74 Å². The van der Waals surface area contributed by atoms with E-state index < -0.39 is 0 Å². The van der Waals surface area contributed by atoms with Crippen LogP contribution < -0.4 is 5.56 Å². The van der Waals surface area contributed by atoms with E-state index in [1.807, 2.05) is 72.0 Å². The van der Waals surface area contributed by atoms with E-state index in [2.05, 4.69) is 10.2 Å². The van der Waals surface area contributed by atoms with Crippen molar-refractivity contribution in [2.75, 3.05) is 7.11 Å². The molecule has 34 heavy (non-hydrogen) atoms. The number of esters is 1. The Morgan fingerprint density at radius 1 is 0.941 bits per heavy atom. The van der Waals surface area contributed by atoms with Gasteiger partial charge in [0.05, 0.1) is 30.1 Å². The van der Waals surface area contributed by atoms with Gasteiger partial charge in [-0.05, 0) is 42.3 Å². The first-order chi connectivity index (χ1) is 16.5. The normalized spacial score (nSPS) is 11.2. The van der Waals surface area contributed by atoms with Crippen molar-refractivity contribution in [2.45, 2.75) is 24.4 Å². The molecule has 0 bridgehead atoms. The molecule has 0 saturated heterocycles. The third-order valence-electron chi connectivity index (χ3n) is 5.68. The Balaban J connectivity index is 1.53. The number of ether oxygens (including phenoxy) is 1. The van der Waals surface area contributed by atoms with Crippen molar-refractivity contribution < 1.29 is 9.53 Å². The SMILES string of the molecule is COC(=O)c1ccc(CSc2nnc3n(Cc4ccc(C)cc4)c(=O)c4ccccc4n23)cc1. The van der Waals surface area contributed by atoms with E-state index in [-0.39, 0.29) is 11.5 Å². The summed E-state index contributed by atoms with van der Waals surface area (Å²) < 4.78 is 8.38. The Labute approximate surface area is 200 Å². The highest BCUT2D eigenvalue weighted by Crippen LogP contribution is 2.25. The van der Waals surface area contributed by atoms with Crippen molar-refractivity contribution in [1.29, 1.82) is 0 Å². The molecule has 0 spiro atoms. The zero-order chi connectivity index (χ0) is 23.7. The van der Waals surface area contributed by atoms with Gasteiger partial charge in [-0.3, -0.25) is 13.8 Å². The number of aryl methyl sites for hydroxylation is 1. The largest absolute Gasteiger partial charge is 0.465 e. The molecule has 0 amide bonds. The summed E-state index contributed by atoms with van der Waals surface area (Å²) in [5.41, 5.74) is 4.41. The zero-order valence-electron chi connectivity index (χ0n) is 18.8. The molecule has 0 unspecified atom stereocenters. The highest BCUT2D eigenvalue weighted by Gasteiger charge is 2.17. The number of carbonyl (C=O) groups is 1. The summed E-state index contributed by atoms with van der Waals surface area (Å²) >= 11 is 1.53. The Morgan fingerprint density at radius 3 is 2.38 bits per heavy atom. The van der Waals surface area contributed by atoms with E-state index >= 15 is 0 Å². The number of methoxy groups -OCH3 is 1. The van der Waals surface area contributed by atoms with E-state index in [0.29, 0.717) is 34.2 Å². The minimum atomic E-state index is -0.360. The molecule has 0 N–H and O–H groups in total. The highest BCUT2D eigenvalue weighted by atomic mass is 32.2. The van der Waals surface area contributed by atoms with Crippen molar-refractivity contribution >= 4 is 34.4 Å². The van der Waals surface area contributed by atoms with Gasteiger partial charge in [0.25, 0.3) is 5.56 Å². The molecule has 7 nitrogen and oxygen atoms in total. The van der Waals surface area contributed by atoms with E-state index in [4.69, 9.17) is 4.74 Å². The number of benzene rings is 3. The molecule has 2 aromatic heterocycles. The number of carbonyl (C=O) groups excluding carboxylic acids is 1. The molecule has 5 rings (SSSR count). The van der Waals surface area contributed by atoms with Crippen LogP contribution in [0.15, 0.2) is 82.7 Å². The Kier molecular flexibility index (Phi) is 5.90. The average molecular weight is 471 g/mol. The number of hydrogen-bond acceptors (Lipinski definition) is 6. The van der Waals surface area contributed by atoms with Gasteiger partial charge >= 0.3 is 5.97 Å². The molecule has 8 heteroatoms. The van der Waals surface area contributed by atoms with Crippen LogP contribution in [-0.4, -0.2) is 32.2 Å². The average Bonchev–Trinajstić information content (AvgIpc) is 3.30. The lowest BCUT2D eigenvalue weighted by Crippen LogP contribution is -2.24. The van der Waals surface area contributed by atoms with E-state index in [1.54, 1.807) is 16.7 Å². The van der Waals surface area contributed by atoms with Gasteiger partial charge in [0.15, 0.2) is 5.16 Å². The lowest BCUT2D eigenvalue weighted by molar-refractivity contribution is 0.0600. The molecule has 0 saturated carbocycles. The molecule has 0 aliphatic carbocycles. The smallest absolute Gasteiger partial charge is 0.337 e. The predicted octanol–water partition coefficient (Wildman–Crippen LogP) is 4.48. The summed E-state index contributed by atoms with van der Waals surface area (Å²) in [6.45, 7) is 2.44. The maximum absolute atomic E-state index is 13.4. The standard InChI is InChI=1S/C26H22N4O3S/c1-17-7-9-18(10-8-17)15-29-23(31)21-5-3-4-6-22(21)30-25(29)27-28-26(30)34-16-19-11-13-20(14-12-19)24(32)33-2/h3-14H,15-16H2,1-2H3. The van der Waals surface area contributed by atoms with Gasteiger partial charge in [-0.15, -0.1) is 10.2 Å². The topological polar surface area (TPSA) is 78.5 Å². The first-order valence-electron chi connectivity index (χ1n) is 10.8. The third kappa shape index (κ3) is 4.08. The van der Waals surface area contributed by atoms with Crippen LogP contribution in [0.3, 0.4) is 0 Å². The number of nitrogens with zero attached hydrogens (tertiary/aromatic N) is 4. The van der Waals surface area contributed by atoms with Gasteiger partial charge in [-0.2, -0.15) is 0 Å². The van der Waals surface area contributed by atoms with Gasteiger partial charge in [0.2, 0.25) is 5.78 Å². The van der Waals surface area contributed by atoms with Crippen LogP contribution in [-0.2, 0) is 17.0 Å². The summed E-state index contributed by atoms with van der Waals surface area (Å²) in [5.74, 6) is 0.779. The molecule has 2 heterocycles. The molecule has 0 aliphatic heterocycles. The number of para-hydroxylation sites is 1. The van der Waals surface area contributed by atoms with Crippen molar-refractivity contribution in [3.8, 4) is 0 Å². The summed E-state index contributed by atoms with van der Waals surface area (Å²) in [6, 6.07) is 22.9. The van der Waals surface area contributed by atoms with Crippen LogP contribution in [0.5, 0.6) is 0 Å². The molecule has 0 aliphatic rings. The van der Waals surface area contributed by atoms with E-state index in [9.17, 15) is 9.59 Å². The number of aromatic nitrogens is 4. The van der Waals surface area contributed by atoms with Gasteiger partial charge in [-0.25, -0.2) is 4.79 Å². The minimum Gasteiger partial charge on any atom is -0.465 e. The fourth-order valence-electron chi connectivity index (χ4n) is 3.85. The fourth-order valence-corrected chi connectivity index (χ4v) is 4.74. The maximum Gasteiger partial charge on any atom is 0.337 e. The first kappa shape index (κ1) is 21.9. The minimum absolute atomic E-state index is 0.0916. The second kappa shape index (κ2) is 9.15. The lowest BCUT2D eigenvalue weighted by Gasteiger charge is -2.11. The summed E-state index contributed by atoms with van der Waals surface area (Å²) in [6.07, 6.45) is 0. The second-order valence-corrected chi connectivity index (χ2v) is 8.93. The van der Waals surface area contributed by atoms with Crippen LogP contribution >= 0.6 is 11.8 Å². The zero-order valence-corrected chi connectivity index (χ0v) is 19.6. The van der Waals surface area contributed by atoms with Crippen LogP contribution in [0, 0.1) is 6.92 Å². The fraction of sp³-hybridized carbons (Fsp3) is 0.154. The van der Waals surface area contributed by atoms with Gasteiger partial charge in [-0.1, -0.05) is 65.9 Å². The highest BCUT2D eigenvalue weighted by molar-refractivity contribution is 7.98. The Morgan fingerprint density at radius 2 is 1.65 bits per heavy atom. The quantitative estimate of drug-likeness (QED) is 0.269. The van der Waals surface area contributed by atoms with Crippen LogP contribution in [0.4, 0.5) is 0 Å². The monoisotopic (exact) mass is 470 g/mol. The number of hydrogen-bond donors (Lipinski definition) is 0. The van der Waals surface area contributed by atoms with Crippen LogP contribution in [0.2, 0.25) is 0 Å². The Bertz CT molecular complexity index is 1550. The molecule has 3 aromatic carbocycles. The molecule has 5 aromatic rings. The third-order valence-corrected chi connectivity index (χ3v) is 6.68. The number of fused-ring (bicyclic) bond motifs is 3. The second-order valence-electron chi connectivity index (χ2n) is 7.99. The van der Waals surface area contributed by atoms with Crippen molar-refractivity contribution in [3.05, 3.63) is 105 Å². The Hall–Kier alpha value is -3.91. The van der Waals surface area contributed by atoms with Crippen LogP contribution in [0.25, 0.3) is 16.7 Å². The molecular formula is C26H22N4O3S. The number of thioether (sulfide) groups is 1. The van der Waals surface area contributed by atoms with Gasteiger partial charge in [0, 0.05) is 5.75 Å². The predicted molar refractivity (Wildman–Crippen MR) is 132 cm³/mol. The van der Waals surface area contributed by atoms with Gasteiger partial charge in [0.1, 0.15) is 0 Å². The maximum atomic E-state index is 13.4. The van der Waals surface area contributed by atoms with Crippen molar-refractivity contribution in [2.24, 2.45) is 0 Å².